The van der Waals surface area contributed by atoms with Crippen LogP contribution < -0.4 is 5.01 Å². The van der Waals surface area contributed by atoms with Crippen LogP contribution in [0.5, 0.6) is 0 Å². The molecule has 4 nitrogen and oxygen atoms in total. The molecule has 0 radical (unpaired) electrons. The van der Waals surface area contributed by atoms with Gasteiger partial charge in [-0.3, -0.25) is 4.79 Å². The zero-order valence-corrected chi connectivity index (χ0v) is 17.4. The highest BCUT2D eigenvalue weighted by molar-refractivity contribution is 9.10. The fraction of sp³-hybridized carbons (Fsp3) is 0.0455. The maximum absolute atomic E-state index is 13.1. The lowest BCUT2D eigenvalue weighted by molar-refractivity contribution is 0.0988. The molecule has 0 aliphatic rings. The van der Waals surface area contributed by atoms with Gasteiger partial charge in [-0.25, -0.2) is 4.98 Å². The number of anilines is 1. The zero-order valence-electron chi connectivity index (χ0n) is 15.0. The summed E-state index contributed by atoms with van der Waals surface area (Å²) in [5, 5.41) is 6.38. The molecule has 4 rings (SSSR count). The summed E-state index contributed by atoms with van der Waals surface area (Å²) in [4.78, 5) is 17.8. The fourth-order valence-electron chi connectivity index (χ4n) is 2.65. The van der Waals surface area contributed by atoms with E-state index in [0.29, 0.717) is 10.7 Å². The topological polar surface area (TPSA) is 45.6 Å². The van der Waals surface area contributed by atoms with Crippen LogP contribution in [0, 0.1) is 6.92 Å². The Morgan fingerprint density at radius 3 is 2.57 bits per heavy atom. The Bertz CT molecular complexity index is 1150. The third kappa shape index (κ3) is 4.03. The van der Waals surface area contributed by atoms with Gasteiger partial charge in [0.1, 0.15) is 0 Å². The molecule has 0 spiro atoms. The van der Waals surface area contributed by atoms with E-state index in [2.05, 4.69) is 26.0 Å². The van der Waals surface area contributed by atoms with Gasteiger partial charge in [-0.2, -0.15) is 10.1 Å². The predicted molar refractivity (Wildman–Crippen MR) is 119 cm³/mol. The van der Waals surface area contributed by atoms with Gasteiger partial charge in [0.25, 0.3) is 5.91 Å². The van der Waals surface area contributed by atoms with Gasteiger partial charge in [0, 0.05) is 10.0 Å². The van der Waals surface area contributed by atoms with Crippen molar-refractivity contribution < 1.29 is 4.79 Å². The summed E-state index contributed by atoms with van der Waals surface area (Å²) >= 11 is 4.91. The highest BCUT2D eigenvalue weighted by atomic mass is 79.9. The number of thiazole rings is 1. The van der Waals surface area contributed by atoms with Crippen molar-refractivity contribution in [3.8, 4) is 0 Å². The van der Waals surface area contributed by atoms with Crippen LogP contribution in [0.15, 0.2) is 82.4 Å². The number of hydrogen-bond acceptors (Lipinski definition) is 4. The van der Waals surface area contributed by atoms with Gasteiger partial charge >= 0.3 is 0 Å². The zero-order chi connectivity index (χ0) is 19.5. The average molecular weight is 450 g/mol. The SMILES string of the molecule is Cc1ccc(/C=N/N(C(=O)c2ccccc2)c2nc3ccc(Br)cc3s2)cc1. The molecule has 0 aliphatic carbocycles. The van der Waals surface area contributed by atoms with Crippen molar-refractivity contribution in [3.05, 3.63) is 94.0 Å². The highest BCUT2D eigenvalue weighted by Crippen LogP contribution is 2.31. The number of benzene rings is 3. The first kappa shape index (κ1) is 18.5. The van der Waals surface area contributed by atoms with E-state index >= 15 is 0 Å². The van der Waals surface area contributed by atoms with Crippen molar-refractivity contribution >= 4 is 54.7 Å². The quantitative estimate of drug-likeness (QED) is 0.281. The number of hydrogen-bond donors (Lipinski definition) is 0. The lowest BCUT2D eigenvalue weighted by atomic mass is 10.2. The summed E-state index contributed by atoms with van der Waals surface area (Å²) in [5.74, 6) is -0.220. The second-order valence-electron chi connectivity index (χ2n) is 6.25. The Hall–Kier alpha value is -2.83. The van der Waals surface area contributed by atoms with Gasteiger partial charge in [0.05, 0.1) is 16.4 Å². The van der Waals surface area contributed by atoms with Gasteiger partial charge in [-0.15, -0.1) is 0 Å². The first-order valence-corrected chi connectivity index (χ1v) is 10.3. The number of aryl methyl sites for hydroxylation is 1. The first-order chi connectivity index (χ1) is 13.6. The number of halogens is 1. The summed E-state index contributed by atoms with van der Waals surface area (Å²) in [7, 11) is 0. The Morgan fingerprint density at radius 2 is 1.82 bits per heavy atom. The third-order valence-electron chi connectivity index (χ3n) is 4.13. The molecule has 6 heteroatoms. The van der Waals surface area contributed by atoms with Crippen molar-refractivity contribution in [1.29, 1.82) is 0 Å². The van der Waals surface area contributed by atoms with E-state index in [9.17, 15) is 4.79 Å². The number of fused-ring (bicyclic) bond motifs is 1. The molecule has 1 heterocycles. The summed E-state index contributed by atoms with van der Waals surface area (Å²) in [5.41, 5.74) is 3.48. The molecule has 1 aromatic heterocycles. The highest BCUT2D eigenvalue weighted by Gasteiger charge is 2.20. The molecule has 138 valence electrons. The van der Waals surface area contributed by atoms with Crippen molar-refractivity contribution in [2.45, 2.75) is 6.92 Å². The van der Waals surface area contributed by atoms with E-state index in [1.807, 2.05) is 67.6 Å². The lowest BCUT2D eigenvalue weighted by Gasteiger charge is -2.13. The molecule has 28 heavy (non-hydrogen) atoms. The van der Waals surface area contributed by atoms with Gasteiger partial charge in [0.2, 0.25) is 5.13 Å². The van der Waals surface area contributed by atoms with Crippen LogP contribution in [0.1, 0.15) is 21.5 Å². The number of carbonyl (C=O) groups is 1. The Labute approximate surface area is 175 Å². The number of nitrogens with zero attached hydrogens (tertiary/aromatic N) is 3. The Morgan fingerprint density at radius 1 is 1.07 bits per heavy atom. The minimum Gasteiger partial charge on any atom is -0.267 e. The number of hydrazone groups is 1. The molecule has 0 fully saturated rings. The van der Waals surface area contributed by atoms with E-state index in [1.54, 1.807) is 18.3 Å². The number of aromatic nitrogens is 1. The number of carbonyl (C=O) groups excluding carboxylic acids is 1. The van der Waals surface area contributed by atoms with Crippen molar-refractivity contribution in [3.63, 3.8) is 0 Å². The average Bonchev–Trinajstić information content (AvgIpc) is 3.13. The van der Waals surface area contributed by atoms with E-state index in [-0.39, 0.29) is 5.91 Å². The summed E-state index contributed by atoms with van der Waals surface area (Å²) < 4.78 is 1.96. The lowest BCUT2D eigenvalue weighted by Crippen LogP contribution is -2.25. The molecular formula is C22H16BrN3OS. The molecule has 3 aromatic carbocycles. The monoisotopic (exact) mass is 449 g/mol. The number of rotatable bonds is 4. The summed E-state index contributed by atoms with van der Waals surface area (Å²) in [6.45, 7) is 2.03. The fourth-order valence-corrected chi connectivity index (χ4v) is 4.12. The minimum absolute atomic E-state index is 0.220. The van der Waals surface area contributed by atoms with Gasteiger partial charge < -0.3 is 0 Å². The van der Waals surface area contributed by atoms with Crippen molar-refractivity contribution in [2.24, 2.45) is 5.10 Å². The van der Waals surface area contributed by atoms with Crippen LogP contribution in [0.4, 0.5) is 5.13 Å². The van der Waals surface area contributed by atoms with E-state index in [4.69, 9.17) is 0 Å². The normalized spacial score (nSPS) is 11.2. The molecule has 0 bridgehead atoms. The molecule has 0 atom stereocenters. The summed E-state index contributed by atoms with van der Waals surface area (Å²) in [6, 6.07) is 22.9. The molecule has 1 amide bonds. The largest absolute Gasteiger partial charge is 0.280 e. The second-order valence-corrected chi connectivity index (χ2v) is 8.17. The molecule has 0 N–H and O–H groups in total. The second kappa shape index (κ2) is 8.04. The Balaban J connectivity index is 1.75. The van der Waals surface area contributed by atoms with E-state index < -0.39 is 0 Å². The van der Waals surface area contributed by atoms with E-state index in [0.717, 1.165) is 20.3 Å². The summed E-state index contributed by atoms with van der Waals surface area (Å²) in [6.07, 6.45) is 1.68. The van der Waals surface area contributed by atoms with Gasteiger partial charge in [-0.05, 0) is 42.8 Å². The smallest absolute Gasteiger partial charge is 0.267 e. The molecule has 0 saturated heterocycles. The minimum atomic E-state index is -0.220. The van der Waals surface area contributed by atoms with Crippen LogP contribution in [0.25, 0.3) is 10.2 Å². The van der Waals surface area contributed by atoms with Gasteiger partial charge in [-0.1, -0.05) is 75.3 Å². The molecular weight excluding hydrogens is 434 g/mol. The molecule has 4 aromatic rings. The van der Waals surface area contributed by atoms with Crippen molar-refractivity contribution in [1.82, 2.24) is 4.98 Å². The van der Waals surface area contributed by atoms with Gasteiger partial charge in [0.15, 0.2) is 0 Å². The van der Waals surface area contributed by atoms with Crippen LogP contribution >= 0.6 is 27.3 Å². The van der Waals surface area contributed by atoms with E-state index in [1.165, 1.54) is 21.9 Å². The maximum Gasteiger partial charge on any atom is 0.280 e. The van der Waals surface area contributed by atoms with Crippen LogP contribution in [-0.4, -0.2) is 17.1 Å². The maximum atomic E-state index is 13.1. The Kier molecular flexibility index (Phi) is 5.32. The third-order valence-corrected chi connectivity index (χ3v) is 5.62. The van der Waals surface area contributed by atoms with Crippen LogP contribution in [0.3, 0.4) is 0 Å². The number of amides is 1. The molecule has 0 aliphatic heterocycles. The predicted octanol–water partition coefficient (Wildman–Crippen LogP) is 6.05. The first-order valence-electron chi connectivity index (χ1n) is 8.66. The molecule has 0 unspecified atom stereocenters. The van der Waals surface area contributed by atoms with Crippen molar-refractivity contribution in [2.75, 3.05) is 5.01 Å². The van der Waals surface area contributed by atoms with Crippen LogP contribution in [0.2, 0.25) is 0 Å². The molecule has 0 saturated carbocycles. The van der Waals surface area contributed by atoms with Crippen LogP contribution in [-0.2, 0) is 0 Å². The standard InChI is InChI=1S/C22H16BrN3OS/c1-15-7-9-16(10-8-15)14-24-26(21(27)17-5-3-2-4-6-17)22-25-19-12-11-18(23)13-20(19)28-22/h2-14H,1H3/b24-14+.